The zero-order valence-corrected chi connectivity index (χ0v) is 9.07. The highest BCUT2D eigenvalue weighted by Crippen LogP contribution is 2.23. The second-order valence-corrected chi connectivity index (χ2v) is 3.88. The van der Waals surface area contributed by atoms with Crippen LogP contribution in [0.3, 0.4) is 0 Å². The van der Waals surface area contributed by atoms with E-state index in [0.29, 0.717) is 5.92 Å². The molecule has 1 aromatic rings. The van der Waals surface area contributed by atoms with E-state index < -0.39 is 0 Å². The summed E-state index contributed by atoms with van der Waals surface area (Å²) in [5.74, 6) is 0.437. The van der Waals surface area contributed by atoms with E-state index in [1.807, 2.05) is 24.3 Å². The van der Waals surface area contributed by atoms with Crippen molar-refractivity contribution in [3.8, 4) is 0 Å². The Kier molecular flexibility index (Phi) is 3.90. The molecular weight excluding hydrogens is 172 g/mol. The molecule has 1 aromatic carbocycles. The molecule has 0 saturated carbocycles. The van der Waals surface area contributed by atoms with Gasteiger partial charge in [0.15, 0.2) is 0 Å². The molecule has 1 rings (SSSR count). The van der Waals surface area contributed by atoms with Crippen molar-refractivity contribution in [3.63, 3.8) is 0 Å². The highest BCUT2D eigenvalue weighted by atomic mass is 16.3. The van der Waals surface area contributed by atoms with Crippen molar-refractivity contribution in [1.82, 2.24) is 0 Å². The summed E-state index contributed by atoms with van der Waals surface area (Å²) in [5.41, 5.74) is 2.41. The van der Waals surface area contributed by atoms with E-state index >= 15 is 0 Å². The Bertz CT molecular complexity index is 296. The molecule has 14 heavy (non-hydrogen) atoms. The first-order valence-electron chi connectivity index (χ1n) is 5.06. The van der Waals surface area contributed by atoms with Crippen molar-refractivity contribution >= 4 is 5.57 Å². The Morgan fingerprint density at radius 2 is 1.71 bits per heavy atom. The van der Waals surface area contributed by atoms with E-state index in [2.05, 4.69) is 26.0 Å². The van der Waals surface area contributed by atoms with Gasteiger partial charge in [-0.05, 0) is 24.0 Å². The lowest BCUT2D eigenvalue weighted by atomic mass is 9.94. The van der Waals surface area contributed by atoms with E-state index in [4.69, 9.17) is 0 Å². The van der Waals surface area contributed by atoms with Crippen LogP contribution in [-0.4, -0.2) is 11.2 Å². The van der Waals surface area contributed by atoms with E-state index in [1.165, 1.54) is 11.1 Å². The fraction of sp³-hybridized carbons (Fsp3) is 0.385. The number of rotatable bonds is 3. The Morgan fingerprint density at radius 3 is 2.14 bits per heavy atom. The van der Waals surface area contributed by atoms with Crippen LogP contribution >= 0.6 is 0 Å². The van der Waals surface area contributed by atoms with Crippen LogP contribution in [0.15, 0.2) is 36.4 Å². The number of allylic oxidation sites excluding steroid dienone is 1. The number of hydrogen-bond donors (Lipinski definition) is 1. The number of benzene rings is 1. The van der Waals surface area contributed by atoms with E-state index in [9.17, 15) is 5.11 Å². The number of hydrogen-bond acceptors (Lipinski definition) is 1. The van der Waals surface area contributed by atoms with Crippen molar-refractivity contribution in [1.29, 1.82) is 0 Å². The van der Waals surface area contributed by atoms with Gasteiger partial charge >= 0.3 is 0 Å². The van der Waals surface area contributed by atoms with Gasteiger partial charge in [-0.1, -0.05) is 50.3 Å². The lowest BCUT2D eigenvalue weighted by Gasteiger charge is -2.12. The topological polar surface area (TPSA) is 20.2 Å². The molecule has 76 valence electrons. The van der Waals surface area contributed by atoms with Crippen molar-refractivity contribution in [2.24, 2.45) is 5.92 Å². The minimum absolute atomic E-state index is 0.382. The molecule has 0 heterocycles. The Hall–Kier alpha value is -1.08. The van der Waals surface area contributed by atoms with Gasteiger partial charge in [-0.2, -0.15) is 0 Å². The Labute approximate surface area is 86.1 Å². The number of aliphatic hydroxyl groups is 1. The molecule has 0 amide bonds. The van der Waals surface area contributed by atoms with Crippen molar-refractivity contribution in [2.75, 3.05) is 0 Å². The lowest BCUT2D eigenvalue weighted by molar-refractivity contribution is 0.244. The molecule has 1 N–H and O–H groups in total. The average Bonchev–Trinajstić information content (AvgIpc) is 2.15. The van der Waals surface area contributed by atoms with Gasteiger partial charge in [-0.25, -0.2) is 0 Å². The van der Waals surface area contributed by atoms with Crippen LogP contribution in [0.25, 0.3) is 5.57 Å². The molecule has 0 aromatic heterocycles. The summed E-state index contributed by atoms with van der Waals surface area (Å²) >= 11 is 0. The maximum absolute atomic E-state index is 9.36. The van der Waals surface area contributed by atoms with Gasteiger partial charge < -0.3 is 5.11 Å². The predicted molar refractivity (Wildman–Crippen MR) is 60.9 cm³/mol. The molecule has 1 heteroatoms. The summed E-state index contributed by atoms with van der Waals surface area (Å²) in [7, 11) is 0. The fourth-order valence-electron chi connectivity index (χ4n) is 1.51. The van der Waals surface area contributed by atoms with E-state index in [1.54, 1.807) is 6.92 Å². The zero-order valence-electron chi connectivity index (χ0n) is 9.07. The van der Waals surface area contributed by atoms with Crippen molar-refractivity contribution < 1.29 is 5.11 Å². The van der Waals surface area contributed by atoms with Crippen molar-refractivity contribution in [2.45, 2.75) is 26.9 Å². The van der Waals surface area contributed by atoms with Gasteiger partial charge in [0.25, 0.3) is 0 Å². The summed E-state index contributed by atoms with van der Waals surface area (Å²) in [6.45, 7) is 6.06. The molecule has 0 saturated heterocycles. The van der Waals surface area contributed by atoms with Crippen LogP contribution < -0.4 is 0 Å². The minimum atomic E-state index is -0.382. The molecule has 1 nitrogen and oxygen atoms in total. The molecule has 0 unspecified atom stereocenters. The summed E-state index contributed by atoms with van der Waals surface area (Å²) in [6.07, 6.45) is 1.53. The maximum Gasteiger partial charge on any atom is 0.0698 e. The normalized spacial score (nSPS) is 14.5. The molecule has 1 atom stereocenters. The zero-order chi connectivity index (χ0) is 10.6. The van der Waals surface area contributed by atoms with Gasteiger partial charge in [-0.3, -0.25) is 0 Å². The summed E-state index contributed by atoms with van der Waals surface area (Å²) < 4.78 is 0. The molecule has 0 radical (unpaired) electrons. The quantitative estimate of drug-likeness (QED) is 0.776. The van der Waals surface area contributed by atoms with E-state index in [0.717, 1.165) is 0 Å². The summed E-state index contributed by atoms with van der Waals surface area (Å²) in [5, 5.41) is 9.36. The van der Waals surface area contributed by atoms with Crippen LogP contribution in [-0.2, 0) is 0 Å². The summed E-state index contributed by atoms with van der Waals surface area (Å²) in [4.78, 5) is 0. The van der Waals surface area contributed by atoms with E-state index in [-0.39, 0.29) is 6.10 Å². The van der Waals surface area contributed by atoms with Crippen LogP contribution in [0.1, 0.15) is 26.3 Å². The number of aliphatic hydroxyl groups excluding tert-OH is 1. The highest BCUT2D eigenvalue weighted by molar-refractivity contribution is 5.67. The van der Waals surface area contributed by atoms with Crippen LogP contribution in [0, 0.1) is 5.92 Å². The molecule has 0 bridgehead atoms. The predicted octanol–water partition coefficient (Wildman–Crippen LogP) is 3.11. The molecule has 0 aliphatic rings. The first-order valence-corrected chi connectivity index (χ1v) is 5.06. The molecule has 0 fully saturated rings. The lowest BCUT2D eigenvalue weighted by Crippen LogP contribution is -2.00. The highest BCUT2D eigenvalue weighted by Gasteiger charge is 2.06. The fourth-order valence-corrected chi connectivity index (χ4v) is 1.51. The molecule has 0 aliphatic heterocycles. The minimum Gasteiger partial charge on any atom is -0.389 e. The van der Waals surface area contributed by atoms with Gasteiger partial charge in [0, 0.05) is 0 Å². The Balaban J connectivity index is 3.01. The second kappa shape index (κ2) is 4.97. The van der Waals surface area contributed by atoms with Gasteiger partial charge in [-0.15, -0.1) is 0 Å². The smallest absolute Gasteiger partial charge is 0.0698 e. The first-order chi connectivity index (χ1) is 6.61. The largest absolute Gasteiger partial charge is 0.389 e. The molecule has 0 spiro atoms. The van der Waals surface area contributed by atoms with Gasteiger partial charge in [0.05, 0.1) is 6.10 Å². The standard InChI is InChI=1S/C13H18O/c1-10(2)13(9-11(3)14)12-7-5-4-6-8-12/h4-11,14H,1-3H3/b13-9+/t11-/m1/s1. The van der Waals surface area contributed by atoms with Crippen LogP contribution in [0.4, 0.5) is 0 Å². The SMILES string of the molecule is CC(C)/C(=C\[C@@H](C)O)c1ccccc1. The molecule has 0 aliphatic carbocycles. The van der Waals surface area contributed by atoms with Crippen LogP contribution in [0.5, 0.6) is 0 Å². The van der Waals surface area contributed by atoms with Crippen molar-refractivity contribution in [3.05, 3.63) is 42.0 Å². The third-order valence-electron chi connectivity index (χ3n) is 2.15. The third kappa shape index (κ3) is 3.00. The first kappa shape index (κ1) is 11.0. The maximum atomic E-state index is 9.36. The Morgan fingerprint density at radius 1 is 1.14 bits per heavy atom. The monoisotopic (exact) mass is 190 g/mol. The third-order valence-corrected chi connectivity index (χ3v) is 2.15. The van der Waals surface area contributed by atoms with Gasteiger partial charge in [0.1, 0.15) is 0 Å². The average molecular weight is 190 g/mol. The second-order valence-electron chi connectivity index (χ2n) is 3.88. The molecular formula is C13H18O. The van der Waals surface area contributed by atoms with Crippen LogP contribution in [0.2, 0.25) is 0 Å². The summed E-state index contributed by atoms with van der Waals surface area (Å²) in [6, 6.07) is 10.2. The van der Waals surface area contributed by atoms with Gasteiger partial charge in [0.2, 0.25) is 0 Å².